The summed E-state index contributed by atoms with van der Waals surface area (Å²) in [4.78, 5) is 0. The van der Waals surface area contributed by atoms with Gasteiger partial charge in [0.05, 0.1) is 7.11 Å². The van der Waals surface area contributed by atoms with Crippen LogP contribution in [0, 0.1) is 12.3 Å². The van der Waals surface area contributed by atoms with Crippen molar-refractivity contribution in [1.29, 1.82) is 0 Å². The maximum Gasteiger partial charge on any atom is 0.160 e. The zero-order valence-electron chi connectivity index (χ0n) is 14.3. The average molecular weight is 315 g/mol. The van der Waals surface area contributed by atoms with Gasteiger partial charge in [-0.05, 0) is 42.5 Å². The van der Waals surface area contributed by atoms with Gasteiger partial charge >= 0.3 is 0 Å². The molecule has 2 aromatic rings. The first-order valence-electron chi connectivity index (χ1n) is 8.06. The van der Waals surface area contributed by atoms with Crippen LogP contribution in [-0.4, -0.2) is 12.2 Å². The summed E-state index contributed by atoms with van der Waals surface area (Å²) in [5.74, 6) is 2.76. The first kappa shape index (κ1) is 15.9. The van der Waals surface area contributed by atoms with Crippen molar-refractivity contribution in [2.24, 2.45) is 5.41 Å². The lowest BCUT2D eigenvalue weighted by Crippen LogP contribution is -2.32. The van der Waals surface area contributed by atoms with Gasteiger partial charge in [-0.15, -0.1) is 0 Å². The van der Waals surface area contributed by atoms with E-state index < -0.39 is 0 Å². The second-order valence-electron chi connectivity index (χ2n) is 7.22. The summed E-state index contributed by atoms with van der Waals surface area (Å²) in [7, 11) is 1.56. The van der Waals surface area contributed by atoms with Gasteiger partial charge in [0.2, 0.25) is 0 Å². The molecule has 1 aromatic heterocycles. The van der Waals surface area contributed by atoms with Crippen LogP contribution in [0.1, 0.15) is 49.0 Å². The van der Waals surface area contributed by atoms with E-state index in [9.17, 15) is 5.11 Å². The molecule has 4 heteroatoms. The number of rotatable bonds is 4. The van der Waals surface area contributed by atoms with E-state index in [1.165, 1.54) is 5.56 Å². The van der Waals surface area contributed by atoms with Crippen LogP contribution in [0.2, 0.25) is 0 Å². The minimum absolute atomic E-state index is 0.176. The number of methoxy groups -OCH3 is 1. The van der Waals surface area contributed by atoms with Crippen LogP contribution in [0.25, 0.3) is 0 Å². The number of benzene rings is 1. The standard InChI is InChI=1S/C19H25NO3/c1-12-7-14-15(9-19(2,3)10-18(14)23-12)20-11-13-5-6-17(22-4)16(21)8-13/h5-8,15,20-21H,9-11H2,1-4H3. The third-order valence-electron chi connectivity index (χ3n) is 4.53. The highest BCUT2D eigenvalue weighted by atomic mass is 16.5. The molecule has 0 radical (unpaired) electrons. The Morgan fingerprint density at radius 1 is 1.35 bits per heavy atom. The van der Waals surface area contributed by atoms with E-state index >= 15 is 0 Å². The molecule has 1 heterocycles. The Morgan fingerprint density at radius 2 is 2.13 bits per heavy atom. The number of aryl methyl sites for hydroxylation is 1. The predicted octanol–water partition coefficient (Wildman–Crippen LogP) is 4.11. The van der Waals surface area contributed by atoms with Crippen molar-refractivity contribution in [3.8, 4) is 11.5 Å². The van der Waals surface area contributed by atoms with Crippen LogP contribution in [0.15, 0.2) is 28.7 Å². The molecule has 4 nitrogen and oxygen atoms in total. The maximum absolute atomic E-state index is 9.90. The van der Waals surface area contributed by atoms with Gasteiger partial charge in [0.25, 0.3) is 0 Å². The maximum atomic E-state index is 9.90. The zero-order chi connectivity index (χ0) is 16.6. The molecular formula is C19H25NO3. The van der Waals surface area contributed by atoms with Crippen LogP contribution in [-0.2, 0) is 13.0 Å². The van der Waals surface area contributed by atoms with Gasteiger partial charge in [0.15, 0.2) is 11.5 Å². The molecule has 0 bridgehead atoms. The fourth-order valence-electron chi connectivity index (χ4n) is 3.45. The van der Waals surface area contributed by atoms with E-state index in [1.54, 1.807) is 19.2 Å². The first-order valence-corrected chi connectivity index (χ1v) is 8.06. The minimum Gasteiger partial charge on any atom is -0.504 e. The highest BCUT2D eigenvalue weighted by Gasteiger charge is 2.34. The molecule has 1 aromatic carbocycles. The topological polar surface area (TPSA) is 54.6 Å². The van der Waals surface area contributed by atoms with E-state index in [0.29, 0.717) is 12.3 Å². The van der Waals surface area contributed by atoms with Crippen molar-refractivity contribution >= 4 is 0 Å². The molecule has 1 unspecified atom stereocenters. The van der Waals surface area contributed by atoms with E-state index in [2.05, 4.69) is 25.2 Å². The lowest BCUT2D eigenvalue weighted by atomic mass is 9.74. The number of hydrogen-bond acceptors (Lipinski definition) is 4. The molecule has 0 aliphatic heterocycles. The second-order valence-corrected chi connectivity index (χ2v) is 7.22. The molecule has 0 fully saturated rings. The van der Waals surface area contributed by atoms with Crippen LogP contribution in [0.3, 0.4) is 0 Å². The summed E-state index contributed by atoms with van der Waals surface area (Å²) in [5, 5.41) is 13.5. The molecule has 2 N–H and O–H groups in total. The monoisotopic (exact) mass is 315 g/mol. The third kappa shape index (κ3) is 3.37. The number of ether oxygens (including phenoxy) is 1. The molecule has 0 saturated heterocycles. The largest absolute Gasteiger partial charge is 0.504 e. The summed E-state index contributed by atoms with van der Waals surface area (Å²) < 4.78 is 11.0. The van der Waals surface area contributed by atoms with Crippen LogP contribution in [0.5, 0.6) is 11.5 Å². The quantitative estimate of drug-likeness (QED) is 0.891. The highest BCUT2D eigenvalue weighted by molar-refractivity contribution is 5.41. The number of nitrogens with one attached hydrogen (secondary N) is 1. The second kappa shape index (κ2) is 5.93. The van der Waals surface area contributed by atoms with Gasteiger partial charge in [-0.25, -0.2) is 0 Å². The molecule has 0 amide bonds. The van der Waals surface area contributed by atoms with Crippen molar-refractivity contribution in [2.75, 3.05) is 7.11 Å². The number of aromatic hydroxyl groups is 1. The van der Waals surface area contributed by atoms with E-state index in [-0.39, 0.29) is 17.2 Å². The van der Waals surface area contributed by atoms with Crippen LogP contribution >= 0.6 is 0 Å². The smallest absolute Gasteiger partial charge is 0.160 e. The van der Waals surface area contributed by atoms with E-state index in [1.807, 2.05) is 13.0 Å². The Kier molecular flexibility index (Phi) is 4.11. The average Bonchev–Trinajstić information content (AvgIpc) is 2.83. The van der Waals surface area contributed by atoms with Crippen molar-refractivity contribution < 1.29 is 14.3 Å². The molecule has 1 aliphatic carbocycles. The van der Waals surface area contributed by atoms with E-state index in [4.69, 9.17) is 9.15 Å². The minimum atomic E-state index is 0.176. The number of fused-ring (bicyclic) bond motifs is 1. The molecule has 0 spiro atoms. The summed E-state index contributed by atoms with van der Waals surface area (Å²) >= 11 is 0. The Morgan fingerprint density at radius 3 is 2.83 bits per heavy atom. The van der Waals surface area contributed by atoms with Gasteiger partial charge in [0.1, 0.15) is 11.5 Å². The zero-order valence-corrected chi connectivity index (χ0v) is 14.3. The molecular weight excluding hydrogens is 290 g/mol. The van der Waals surface area contributed by atoms with Gasteiger partial charge in [-0.1, -0.05) is 19.9 Å². The van der Waals surface area contributed by atoms with Gasteiger partial charge in [0, 0.05) is 24.6 Å². The Balaban J connectivity index is 1.76. The Labute approximate surface area is 137 Å². The van der Waals surface area contributed by atoms with Gasteiger partial charge < -0.3 is 19.6 Å². The molecule has 1 atom stereocenters. The molecule has 23 heavy (non-hydrogen) atoms. The number of phenols is 1. The molecule has 3 rings (SSSR count). The van der Waals surface area contributed by atoms with Crippen LogP contribution in [0.4, 0.5) is 0 Å². The predicted molar refractivity (Wildman–Crippen MR) is 89.8 cm³/mol. The lowest BCUT2D eigenvalue weighted by Gasteiger charge is -2.35. The van der Waals surface area contributed by atoms with Gasteiger partial charge in [-0.3, -0.25) is 0 Å². The van der Waals surface area contributed by atoms with Crippen LogP contribution < -0.4 is 10.1 Å². The Hall–Kier alpha value is -1.94. The summed E-state index contributed by atoms with van der Waals surface area (Å²) in [6.45, 7) is 7.26. The molecule has 0 saturated carbocycles. The number of phenolic OH excluding ortho intramolecular Hbond substituents is 1. The van der Waals surface area contributed by atoms with Crippen molar-refractivity contribution in [2.45, 2.75) is 46.2 Å². The lowest BCUT2D eigenvalue weighted by molar-refractivity contribution is 0.233. The van der Waals surface area contributed by atoms with Crippen molar-refractivity contribution in [3.05, 3.63) is 46.9 Å². The summed E-state index contributed by atoms with van der Waals surface area (Å²) in [6, 6.07) is 7.94. The fourth-order valence-corrected chi connectivity index (χ4v) is 3.45. The SMILES string of the molecule is COc1ccc(CNC2CC(C)(C)Cc3oc(C)cc32)cc1O. The molecule has 1 aliphatic rings. The fraction of sp³-hybridized carbons (Fsp3) is 0.474. The number of hydrogen-bond donors (Lipinski definition) is 2. The third-order valence-corrected chi connectivity index (χ3v) is 4.53. The first-order chi connectivity index (χ1) is 10.9. The molecule has 124 valence electrons. The summed E-state index contributed by atoms with van der Waals surface area (Å²) in [5.41, 5.74) is 2.53. The summed E-state index contributed by atoms with van der Waals surface area (Å²) in [6.07, 6.45) is 2.05. The van der Waals surface area contributed by atoms with E-state index in [0.717, 1.165) is 29.9 Å². The van der Waals surface area contributed by atoms with Crippen molar-refractivity contribution in [1.82, 2.24) is 5.32 Å². The number of furan rings is 1. The highest BCUT2D eigenvalue weighted by Crippen LogP contribution is 2.42. The van der Waals surface area contributed by atoms with Crippen molar-refractivity contribution in [3.63, 3.8) is 0 Å². The van der Waals surface area contributed by atoms with Gasteiger partial charge in [-0.2, -0.15) is 0 Å². The Bertz CT molecular complexity index is 703. The normalized spacial score (nSPS) is 19.4.